The SMILES string of the molecule is Br.c1ccc(-c2cc(CN3CCCNCCNCCCNCC3)cc(CN3CCCNCCNCCCNCC3)n2)cc1. The lowest BCUT2D eigenvalue weighted by molar-refractivity contribution is 0.254. The summed E-state index contributed by atoms with van der Waals surface area (Å²) in [6, 6.07) is 15.4. The Morgan fingerprint density at radius 1 is 0.512 bits per heavy atom. The van der Waals surface area contributed by atoms with Crippen LogP contribution in [-0.4, -0.2) is 119 Å². The molecule has 0 atom stereocenters. The van der Waals surface area contributed by atoms with E-state index in [1.807, 2.05) is 0 Å². The molecule has 3 heterocycles. The van der Waals surface area contributed by atoms with Gasteiger partial charge in [0.1, 0.15) is 0 Å². The number of nitrogens with zero attached hydrogens (tertiary/aromatic N) is 3. The monoisotopic (exact) mass is 659 g/mol. The first-order chi connectivity index (χ1) is 20.9. The highest BCUT2D eigenvalue weighted by atomic mass is 79.9. The molecule has 2 aromatic rings. The van der Waals surface area contributed by atoms with E-state index in [1.54, 1.807) is 0 Å². The summed E-state index contributed by atoms with van der Waals surface area (Å²) < 4.78 is 0. The number of hydrogen-bond donors (Lipinski definition) is 6. The van der Waals surface area contributed by atoms with E-state index in [0.29, 0.717) is 0 Å². The number of pyridine rings is 1. The van der Waals surface area contributed by atoms with E-state index in [1.165, 1.54) is 29.7 Å². The molecule has 0 aliphatic carbocycles. The molecule has 242 valence electrons. The molecule has 0 amide bonds. The van der Waals surface area contributed by atoms with Crippen molar-refractivity contribution in [3.8, 4) is 11.3 Å². The number of benzene rings is 1. The summed E-state index contributed by atoms with van der Waals surface area (Å²) in [5.41, 5.74) is 4.83. The van der Waals surface area contributed by atoms with Gasteiger partial charge >= 0.3 is 0 Å². The van der Waals surface area contributed by atoms with Gasteiger partial charge in [0.15, 0.2) is 0 Å². The molecular formula is C33H58BrN9. The van der Waals surface area contributed by atoms with Crippen molar-refractivity contribution in [1.82, 2.24) is 46.7 Å². The Kier molecular flexibility index (Phi) is 19.2. The number of hydrogen-bond acceptors (Lipinski definition) is 9. The molecule has 0 saturated carbocycles. The van der Waals surface area contributed by atoms with Gasteiger partial charge in [-0.3, -0.25) is 14.8 Å². The molecule has 4 rings (SSSR count). The molecule has 1 aromatic heterocycles. The number of halogens is 1. The minimum absolute atomic E-state index is 0. The second-order valence-electron chi connectivity index (χ2n) is 11.7. The lowest BCUT2D eigenvalue weighted by atomic mass is 10.1. The molecular weight excluding hydrogens is 602 g/mol. The maximum atomic E-state index is 5.22. The van der Waals surface area contributed by atoms with Crippen LogP contribution in [0.4, 0.5) is 0 Å². The smallest absolute Gasteiger partial charge is 0.0709 e. The second kappa shape index (κ2) is 23.0. The summed E-state index contributed by atoms with van der Waals surface area (Å²) in [5, 5.41) is 21.6. The Bertz CT molecular complexity index is 882. The zero-order valence-corrected chi connectivity index (χ0v) is 28.1. The van der Waals surface area contributed by atoms with Crippen molar-refractivity contribution in [2.75, 3.05) is 105 Å². The Labute approximate surface area is 271 Å². The van der Waals surface area contributed by atoms with Crippen LogP contribution in [0.2, 0.25) is 0 Å². The fraction of sp³-hybridized carbons (Fsp3) is 0.667. The van der Waals surface area contributed by atoms with Crippen molar-refractivity contribution in [1.29, 1.82) is 0 Å². The van der Waals surface area contributed by atoms with Gasteiger partial charge in [-0.05, 0) is 95.7 Å². The van der Waals surface area contributed by atoms with E-state index in [9.17, 15) is 0 Å². The number of rotatable bonds is 5. The molecule has 0 bridgehead atoms. The largest absolute Gasteiger partial charge is 0.315 e. The van der Waals surface area contributed by atoms with Crippen LogP contribution in [0.25, 0.3) is 11.3 Å². The lowest BCUT2D eigenvalue weighted by Crippen LogP contribution is -2.37. The molecule has 0 radical (unpaired) electrons. The highest BCUT2D eigenvalue weighted by Crippen LogP contribution is 2.21. The predicted octanol–water partition coefficient (Wildman–Crippen LogP) is 2.06. The van der Waals surface area contributed by atoms with Gasteiger partial charge in [0.2, 0.25) is 0 Å². The summed E-state index contributed by atoms with van der Waals surface area (Å²) in [6.07, 6.45) is 4.65. The average molecular weight is 661 g/mol. The first-order valence-corrected chi connectivity index (χ1v) is 16.6. The Morgan fingerprint density at radius 2 is 1.00 bits per heavy atom. The van der Waals surface area contributed by atoms with Gasteiger partial charge in [-0.1, -0.05) is 30.3 Å². The molecule has 2 aliphatic heterocycles. The van der Waals surface area contributed by atoms with Crippen molar-refractivity contribution in [3.63, 3.8) is 0 Å². The van der Waals surface area contributed by atoms with Crippen LogP contribution in [0.15, 0.2) is 42.5 Å². The highest BCUT2D eigenvalue weighted by molar-refractivity contribution is 8.93. The van der Waals surface area contributed by atoms with Crippen molar-refractivity contribution in [2.45, 2.75) is 38.8 Å². The molecule has 2 saturated heterocycles. The second-order valence-corrected chi connectivity index (χ2v) is 11.7. The van der Waals surface area contributed by atoms with Crippen molar-refractivity contribution < 1.29 is 0 Å². The maximum Gasteiger partial charge on any atom is 0.0709 e. The quantitative estimate of drug-likeness (QED) is 0.289. The van der Waals surface area contributed by atoms with Gasteiger partial charge in [0.25, 0.3) is 0 Å². The number of aromatic nitrogens is 1. The molecule has 10 heteroatoms. The van der Waals surface area contributed by atoms with Crippen molar-refractivity contribution in [3.05, 3.63) is 53.7 Å². The summed E-state index contributed by atoms with van der Waals surface area (Å²) in [4.78, 5) is 10.4. The topological polar surface area (TPSA) is 91.5 Å². The molecule has 2 fully saturated rings. The average Bonchev–Trinajstić information content (AvgIpc) is 3.01. The van der Waals surface area contributed by atoms with Crippen LogP contribution in [0, 0.1) is 0 Å². The van der Waals surface area contributed by atoms with Crippen LogP contribution in [0.1, 0.15) is 36.9 Å². The molecule has 0 unspecified atom stereocenters. The predicted molar refractivity (Wildman–Crippen MR) is 186 cm³/mol. The fourth-order valence-electron chi connectivity index (χ4n) is 5.72. The van der Waals surface area contributed by atoms with Crippen molar-refractivity contribution in [2.24, 2.45) is 0 Å². The zero-order valence-electron chi connectivity index (χ0n) is 26.3. The Morgan fingerprint density at radius 3 is 1.56 bits per heavy atom. The van der Waals surface area contributed by atoms with Gasteiger partial charge in [-0.15, -0.1) is 17.0 Å². The van der Waals surface area contributed by atoms with E-state index in [4.69, 9.17) is 4.98 Å². The third kappa shape index (κ3) is 15.4. The van der Waals surface area contributed by atoms with Gasteiger partial charge in [0, 0.05) is 71.0 Å². The zero-order chi connectivity index (χ0) is 28.9. The first-order valence-electron chi connectivity index (χ1n) is 16.6. The lowest BCUT2D eigenvalue weighted by Gasteiger charge is -2.25. The van der Waals surface area contributed by atoms with Crippen molar-refractivity contribution >= 4 is 17.0 Å². The van der Waals surface area contributed by atoms with E-state index >= 15 is 0 Å². The molecule has 1 aromatic carbocycles. The number of nitrogens with one attached hydrogen (secondary N) is 6. The Balaban J connectivity index is 0.00000506. The molecule has 9 nitrogen and oxygen atoms in total. The van der Waals surface area contributed by atoms with E-state index < -0.39 is 0 Å². The highest BCUT2D eigenvalue weighted by Gasteiger charge is 2.13. The summed E-state index contributed by atoms with van der Waals surface area (Å²) in [7, 11) is 0. The van der Waals surface area contributed by atoms with E-state index in [2.05, 4.69) is 84.2 Å². The van der Waals surface area contributed by atoms with Crippen LogP contribution in [0.5, 0.6) is 0 Å². The summed E-state index contributed by atoms with van der Waals surface area (Å²) in [5.74, 6) is 0. The standard InChI is InChI=1S/C33H57N9.BrH/c1-2-8-31(9-3-1)33-27-30(28-41-22-6-14-36-18-16-34-10-4-12-38-20-24-41)26-32(40-33)29-42-23-7-15-37-19-17-35-11-5-13-39-21-25-42;/h1-3,8-9,26-27,34-39H,4-7,10-25,28-29H2;1H. The molecule has 2 aliphatic rings. The fourth-order valence-corrected chi connectivity index (χ4v) is 5.72. The van der Waals surface area contributed by atoms with Crippen LogP contribution >= 0.6 is 17.0 Å². The van der Waals surface area contributed by atoms with E-state index in [0.717, 1.165) is 136 Å². The van der Waals surface area contributed by atoms with Crippen LogP contribution in [-0.2, 0) is 13.1 Å². The Hall–Kier alpha value is -1.47. The van der Waals surface area contributed by atoms with Gasteiger partial charge in [-0.25, -0.2) is 0 Å². The third-order valence-electron chi connectivity index (χ3n) is 8.04. The normalized spacial score (nSPS) is 20.7. The minimum atomic E-state index is 0. The molecule has 43 heavy (non-hydrogen) atoms. The van der Waals surface area contributed by atoms with Gasteiger partial charge in [-0.2, -0.15) is 0 Å². The van der Waals surface area contributed by atoms with Crippen LogP contribution in [0.3, 0.4) is 0 Å². The molecule has 0 spiro atoms. The third-order valence-corrected chi connectivity index (χ3v) is 8.04. The van der Waals surface area contributed by atoms with Crippen LogP contribution < -0.4 is 31.9 Å². The van der Waals surface area contributed by atoms with Gasteiger partial charge in [0.05, 0.1) is 11.4 Å². The van der Waals surface area contributed by atoms with Gasteiger partial charge < -0.3 is 31.9 Å². The first kappa shape index (κ1) is 36.0. The van der Waals surface area contributed by atoms with E-state index in [-0.39, 0.29) is 17.0 Å². The maximum absolute atomic E-state index is 5.22. The molecule has 6 N–H and O–H groups in total. The summed E-state index contributed by atoms with van der Waals surface area (Å²) >= 11 is 0. The minimum Gasteiger partial charge on any atom is -0.315 e. The summed E-state index contributed by atoms with van der Waals surface area (Å²) in [6.45, 7) is 18.8.